The minimum absolute atomic E-state index is 0.0256. The van der Waals surface area contributed by atoms with Gasteiger partial charge in [-0.05, 0) is 30.7 Å². The Balaban J connectivity index is 0.000000683. The smallest absolute Gasteiger partial charge is 0.322 e. The van der Waals surface area contributed by atoms with Crippen LogP contribution in [0, 0.1) is 0 Å². The summed E-state index contributed by atoms with van der Waals surface area (Å²) in [6.45, 7) is 0.871. The van der Waals surface area contributed by atoms with Crippen molar-refractivity contribution in [2.24, 2.45) is 5.73 Å². The first-order valence-corrected chi connectivity index (χ1v) is 9.54. The van der Waals surface area contributed by atoms with E-state index >= 15 is 0 Å². The van der Waals surface area contributed by atoms with Crippen molar-refractivity contribution in [3.8, 4) is 5.75 Å². The van der Waals surface area contributed by atoms with E-state index in [0.717, 1.165) is 0 Å². The van der Waals surface area contributed by atoms with Crippen LogP contribution in [0.1, 0.15) is 19.8 Å². The van der Waals surface area contributed by atoms with Gasteiger partial charge in [0, 0.05) is 24.8 Å². The van der Waals surface area contributed by atoms with E-state index < -0.39 is 42.4 Å². The second-order valence-corrected chi connectivity index (χ2v) is 6.49. The summed E-state index contributed by atoms with van der Waals surface area (Å²) in [7, 11) is 0. The molecule has 2 atom stereocenters. The molecule has 0 spiro atoms. The van der Waals surface area contributed by atoms with E-state index in [0.29, 0.717) is 5.69 Å². The van der Waals surface area contributed by atoms with Gasteiger partial charge in [-0.25, -0.2) is 0 Å². The van der Waals surface area contributed by atoms with Gasteiger partial charge in [-0.2, -0.15) is 12.6 Å². The number of carboxylic acid groups (broad SMARTS) is 2. The Morgan fingerprint density at radius 2 is 1.68 bits per heavy atom. The number of nitrogens with two attached hydrogens (primary N) is 1. The van der Waals surface area contributed by atoms with Gasteiger partial charge >= 0.3 is 11.9 Å². The molecule has 0 radical (unpaired) electrons. The van der Waals surface area contributed by atoms with Crippen LogP contribution < -0.4 is 21.7 Å². The quantitative estimate of drug-likeness (QED) is 0.162. The number of benzene rings is 1. The van der Waals surface area contributed by atoms with Crippen LogP contribution in [-0.2, 0) is 24.0 Å². The molecule has 0 aliphatic heterocycles. The highest BCUT2D eigenvalue weighted by atomic mass is 32.1. The lowest BCUT2D eigenvalue weighted by molar-refractivity contribution is -0.139. The zero-order chi connectivity index (χ0) is 24.0. The number of thiol groups is 1. The average molecular weight is 458 g/mol. The van der Waals surface area contributed by atoms with Crippen molar-refractivity contribution < 1.29 is 39.3 Å². The lowest BCUT2D eigenvalue weighted by atomic mass is 10.1. The predicted molar refractivity (Wildman–Crippen MR) is 114 cm³/mol. The van der Waals surface area contributed by atoms with Gasteiger partial charge in [0.2, 0.25) is 17.7 Å². The second kappa shape index (κ2) is 14.6. The zero-order valence-electron chi connectivity index (χ0n) is 16.7. The number of carbonyl (C=O) groups excluding carboxylic acids is 3. The summed E-state index contributed by atoms with van der Waals surface area (Å²) < 4.78 is 0. The van der Waals surface area contributed by atoms with Crippen molar-refractivity contribution in [3.63, 3.8) is 0 Å². The maximum atomic E-state index is 11.5. The minimum atomic E-state index is -1.22. The zero-order valence-corrected chi connectivity index (χ0v) is 17.6. The number of phenolic OH excluding ortho intramolecular Hbond substituents is 1. The molecule has 0 saturated carbocycles. The molecule has 1 rings (SSSR count). The first-order chi connectivity index (χ1) is 14.5. The van der Waals surface area contributed by atoms with Crippen LogP contribution in [-0.4, -0.2) is 69.4 Å². The van der Waals surface area contributed by atoms with E-state index in [-0.39, 0.29) is 30.3 Å². The van der Waals surface area contributed by atoms with Crippen LogP contribution in [0.5, 0.6) is 5.75 Å². The predicted octanol–water partition coefficient (Wildman–Crippen LogP) is -0.855. The lowest BCUT2D eigenvalue weighted by Crippen LogP contribution is -2.49. The van der Waals surface area contributed by atoms with Crippen LogP contribution in [0.2, 0.25) is 0 Å². The van der Waals surface area contributed by atoms with Crippen molar-refractivity contribution in [2.45, 2.75) is 31.8 Å². The maximum Gasteiger partial charge on any atom is 0.322 e. The molecule has 0 aliphatic carbocycles. The van der Waals surface area contributed by atoms with Crippen molar-refractivity contribution in [1.29, 1.82) is 0 Å². The van der Waals surface area contributed by atoms with Gasteiger partial charge in [0.1, 0.15) is 24.4 Å². The molecule has 0 bridgehead atoms. The number of phenols is 1. The number of hydrogen-bond acceptors (Lipinski definition) is 8. The van der Waals surface area contributed by atoms with E-state index in [4.69, 9.17) is 21.1 Å². The van der Waals surface area contributed by atoms with Crippen LogP contribution in [0.15, 0.2) is 24.3 Å². The lowest BCUT2D eigenvalue weighted by Gasteiger charge is -2.16. The van der Waals surface area contributed by atoms with Gasteiger partial charge < -0.3 is 37.0 Å². The monoisotopic (exact) mass is 458 g/mol. The Bertz CT molecular complexity index is 772. The third-order valence-corrected chi connectivity index (χ3v) is 3.80. The SMILES string of the molecule is CC(=O)Nc1ccc(O)cc1.NC(CCC(=O)NC(CS)C(=O)NCC(=O)O)C(=O)O. The van der Waals surface area contributed by atoms with Gasteiger partial charge in [-0.1, -0.05) is 0 Å². The normalized spacial score (nSPS) is 11.7. The first kappa shape index (κ1) is 27.7. The van der Waals surface area contributed by atoms with Crippen molar-refractivity contribution in [1.82, 2.24) is 10.6 Å². The van der Waals surface area contributed by atoms with E-state index in [1.165, 1.54) is 19.1 Å². The largest absolute Gasteiger partial charge is 0.508 e. The highest BCUT2D eigenvalue weighted by Crippen LogP contribution is 2.13. The molecular formula is C18H26N4O8S. The molecule has 0 aromatic heterocycles. The fourth-order valence-corrected chi connectivity index (χ4v) is 2.16. The Hall–Kier alpha value is -3.32. The van der Waals surface area contributed by atoms with Crippen LogP contribution in [0.4, 0.5) is 5.69 Å². The van der Waals surface area contributed by atoms with E-state index in [2.05, 4.69) is 28.6 Å². The van der Waals surface area contributed by atoms with Crippen molar-refractivity contribution >= 4 is 48.0 Å². The average Bonchev–Trinajstić information content (AvgIpc) is 2.70. The minimum Gasteiger partial charge on any atom is -0.508 e. The third-order valence-electron chi connectivity index (χ3n) is 3.44. The summed E-state index contributed by atoms with van der Waals surface area (Å²) in [4.78, 5) is 54.3. The molecule has 13 heteroatoms. The fraction of sp³-hybridized carbons (Fsp3) is 0.389. The molecular weight excluding hydrogens is 432 g/mol. The van der Waals surface area contributed by atoms with Gasteiger partial charge in [-0.15, -0.1) is 0 Å². The van der Waals surface area contributed by atoms with E-state index in [1.54, 1.807) is 12.1 Å². The van der Waals surface area contributed by atoms with Gasteiger partial charge in [0.25, 0.3) is 0 Å². The number of aliphatic carboxylic acids is 2. The summed E-state index contributed by atoms with van der Waals surface area (Å²) in [6.07, 6.45) is -0.235. The molecule has 8 N–H and O–H groups in total. The molecule has 2 unspecified atom stereocenters. The van der Waals surface area contributed by atoms with Crippen LogP contribution in [0.3, 0.4) is 0 Å². The molecule has 0 heterocycles. The van der Waals surface area contributed by atoms with Gasteiger partial charge in [-0.3, -0.25) is 24.0 Å². The number of carbonyl (C=O) groups is 5. The summed E-state index contributed by atoms with van der Waals surface area (Å²) in [5, 5.41) is 32.8. The molecule has 1 aromatic carbocycles. The molecule has 172 valence electrons. The Morgan fingerprint density at radius 1 is 1.10 bits per heavy atom. The van der Waals surface area contributed by atoms with Gasteiger partial charge in [0.15, 0.2) is 0 Å². The van der Waals surface area contributed by atoms with E-state index in [1.807, 2.05) is 0 Å². The topological polar surface area (TPSA) is 208 Å². The Labute approximate surface area is 183 Å². The number of aromatic hydroxyl groups is 1. The Kier molecular flexibility index (Phi) is 13.1. The maximum absolute atomic E-state index is 11.5. The molecule has 1 aromatic rings. The second-order valence-electron chi connectivity index (χ2n) is 6.13. The first-order valence-electron chi connectivity index (χ1n) is 8.91. The molecule has 31 heavy (non-hydrogen) atoms. The van der Waals surface area contributed by atoms with E-state index in [9.17, 15) is 24.0 Å². The number of carboxylic acids is 2. The molecule has 0 fully saturated rings. The summed E-state index contributed by atoms with van der Waals surface area (Å²) in [6, 6.07) is 4.16. The van der Waals surface area contributed by atoms with Crippen molar-refractivity contribution in [3.05, 3.63) is 24.3 Å². The molecule has 0 aliphatic rings. The highest BCUT2D eigenvalue weighted by molar-refractivity contribution is 7.80. The molecule has 3 amide bonds. The van der Waals surface area contributed by atoms with Gasteiger partial charge in [0.05, 0.1) is 0 Å². The number of anilines is 1. The number of amides is 3. The third kappa shape index (κ3) is 13.5. The molecule has 12 nitrogen and oxygen atoms in total. The van der Waals surface area contributed by atoms with Crippen LogP contribution in [0.25, 0.3) is 0 Å². The van der Waals surface area contributed by atoms with Crippen molar-refractivity contribution in [2.75, 3.05) is 17.6 Å². The highest BCUT2D eigenvalue weighted by Gasteiger charge is 2.20. The number of rotatable bonds is 10. The number of hydrogen-bond donors (Lipinski definition) is 8. The van der Waals surface area contributed by atoms with Crippen LogP contribution >= 0.6 is 12.6 Å². The number of nitrogens with one attached hydrogen (secondary N) is 3. The summed E-state index contributed by atoms with van der Waals surface area (Å²) in [5.74, 6) is -3.63. The molecule has 0 saturated heterocycles. The fourth-order valence-electron chi connectivity index (χ4n) is 1.90. The Morgan fingerprint density at radius 3 is 2.13 bits per heavy atom. The standard InChI is InChI=1S/C10H17N3O6S.C8H9NO2/c11-5(10(18)19)1-2-7(14)13-6(4-20)9(17)12-3-8(15)16;1-6(10)9-7-2-4-8(11)5-3-7/h5-6,20H,1-4,11H2,(H,12,17)(H,13,14)(H,15,16)(H,18,19);2-5,11H,1H3,(H,9,10). The summed E-state index contributed by atoms with van der Waals surface area (Å²) in [5.41, 5.74) is 5.92. The summed E-state index contributed by atoms with van der Waals surface area (Å²) >= 11 is 3.87.